The molecule has 8 heteroatoms. The van der Waals surface area contributed by atoms with Crippen LogP contribution in [0.3, 0.4) is 0 Å². The van der Waals surface area contributed by atoms with Gasteiger partial charge in [0.2, 0.25) is 0 Å². The summed E-state index contributed by atoms with van der Waals surface area (Å²) < 4.78 is 37.8. The van der Waals surface area contributed by atoms with Gasteiger partial charge in [-0.15, -0.1) is 11.6 Å². The predicted octanol–water partition coefficient (Wildman–Crippen LogP) is 5.67. The molecule has 2 aromatic carbocycles. The fourth-order valence-electron chi connectivity index (χ4n) is 1.96. The number of alkyl halides is 4. The molecule has 0 aliphatic carbocycles. The SMILES string of the molecule is O=[N+]([O-])c1ccc(-c2ccc(C(F)(F)F)cc2Cl)cc1CCl. The van der Waals surface area contributed by atoms with Crippen molar-refractivity contribution in [1.82, 2.24) is 0 Å². The highest BCUT2D eigenvalue weighted by atomic mass is 35.5. The fourth-order valence-corrected chi connectivity index (χ4v) is 2.47. The first-order valence-corrected chi connectivity index (χ1v) is 6.85. The second-order valence-electron chi connectivity index (χ2n) is 4.43. The van der Waals surface area contributed by atoms with Crippen molar-refractivity contribution >= 4 is 28.9 Å². The van der Waals surface area contributed by atoms with Gasteiger partial charge < -0.3 is 0 Å². The minimum Gasteiger partial charge on any atom is -0.258 e. The lowest BCUT2D eigenvalue weighted by molar-refractivity contribution is -0.385. The number of nitro benzene ring substituents is 1. The van der Waals surface area contributed by atoms with Crippen molar-refractivity contribution in [2.75, 3.05) is 0 Å². The molecule has 0 saturated carbocycles. The van der Waals surface area contributed by atoms with Crippen molar-refractivity contribution in [1.29, 1.82) is 0 Å². The zero-order valence-corrected chi connectivity index (χ0v) is 12.3. The molecule has 2 aromatic rings. The zero-order valence-electron chi connectivity index (χ0n) is 10.8. The largest absolute Gasteiger partial charge is 0.416 e. The third kappa shape index (κ3) is 3.34. The topological polar surface area (TPSA) is 43.1 Å². The van der Waals surface area contributed by atoms with Gasteiger partial charge in [-0.05, 0) is 29.8 Å². The van der Waals surface area contributed by atoms with Crippen molar-refractivity contribution in [2.45, 2.75) is 12.1 Å². The van der Waals surface area contributed by atoms with E-state index in [-0.39, 0.29) is 22.2 Å². The number of hydrogen-bond donors (Lipinski definition) is 0. The Balaban J connectivity index is 2.51. The van der Waals surface area contributed by atoms with Gasteiger partial charge in [0.25, 0.3) is 5.69 Å². The molecule has 0 unspecified atom stereocenters. The third-order valence-electron chi connectivity index (χ3n) is 3.03. The minimum atomic E-state index is -4.49. The summed E-state index contributed by atoms with van der Waals surface area (Å²) in [6, 6.07) is 7.06. The molecule has 0 saturated heterocycles. The Morgan fingerprint density at radius 2 is 1.82 bits per heavy atom. The first kappa shape index (κ1) is 16.6. The first-order valence-electron chi connectivity index (χ1n) is 5.94. The maximum atomic E-state index is 12.6. The highest BCUT2D eigenvalue weighted by molar-refractivity contribution is 6.33. The van der Waals surface area contributed by atoms with Gasteiger partial charge >= 0.3 is 6.18 Å². The van der Waals surface area contributed by atoms with Crippen LogP contribution in [0.15, 0.2) is 36.4 Å². The van der Waals surface area contributed by atoms with Crippen LogP contribution >= 0.6 is 23.2 Å². The molecule has 2 rings (SSSR count). The van der Waals surface area contributed by atoms with Crippen LogP contribution in [-0.4, -0.2) is 4.92 Å². The Bertz CT molecular complexity index is 733. The Kier molecular flexibility index (Phi) is 4.63. The third-order valence-corrected chi connectivity index (χ3v) is 3.63. The van der Waals surface area contributed by atoms with Gasteiger partial charge in [-0.1, -0.05) is 17.7 Å². The van der Waals surface area contributed by atoms with Gasteiger partial charge in [0.15, 0.2) is 0 Å². The van der Waals surface area contributed by atoms with Gasteiger partial charge in [0.1, 0.15) is 0 Å². The van der Waals surface area contributed by atoms with E-state index in [2.05, 4.69) is 0 Å². The van der Waals surface area contributed by atoms with E-state index < -0.39 is 16.7 Å². The molecule has 0 aliphatic heterocycles. The number of halogens is 5. The van der Waals surface area contributed by atoms with Gasteiger partial charge in [0.05, 0.1) is 16.4 Å². The average molecular weight is 350 g/mol. The van der Waals surface area contributed by atoms with Gasteiger partial charge in [-0.2, -0.15) is 13.2 Å². The van der Waals surface area contributed by atoms with E-state index in [9.17, 15) is 23.3 Å². The summed E-state index contributed by atoms with van der Waals surface area (Å²) >= 11 is 11.6. The maximum Gasteiger partial charge on any atom is 0.416 e. The molecule has 0 aliphatic rings. The molecule has 0 radical (unpaired) electrons. The second kappa shape index (κ2) is 6.14. The van der Waals surface area contributed by atoms with Crippen molar-refractivity contribution in [3.63, 3.8) is 0 Å². The molecule has 0 heterocycles. The van der Waals surface area contributed by atoms with Crippen LogP contribution in [0.1, 0.15) is 11.1 Å². The quantitative estimate of drug-likeness (QED) is 0.406. The number of hydrogen-bond acceptors (Lipinski definition) is 2. The normalized spacial score (nSPS) is 11.5. The van der Waals surface area contributed by atoms with Crippen LogP contribution < -0.4 is 0 Å². The Morgan fingerprint density at radius 3 is 2.32 bits per heavy atom. The standard InChI is InChI=1S/C14H8Cl2F3NO2/c15-7-9-5-8(1-4-13(9)20(21)22)11-3-2-10(6-12(11)16)14(17,18)19/h1-6H,7H2. The lowest BCUT2D eigenvalue weighted by atomic mass is 10.0. The van der Waals surface area contributed by atoms with E-state index in [4.69, 9.17) is 23.2 Å². The van der Waals surface area contributed by atoms with Crippen LogP contribution in [0.25, 0.3) is 11.1 Å². The molecule has 0 fully saturated rings. The molecule has 0 spiro atoms. The van der Waals surface area contributed by atoms with Gasteiger partial charge in [-0.25, -0.2) is 0 Å². The van der Waals surface area contributed by atoms with Crippen LogP contribution in [0.5, 0.6) is 0 Å². The molecule has 0 aromatic heterocycles. The van der Waals surface area contributed by atoms with Crippen molar-refractivity contribution in [3.05, 3.63) is 62.7 Å². The summed E-state index contributed by atoms with van der Waals surface area (Å²) in [4.78, 5) is 10.3. The zero-order chi connectivity index (χ0) is 16.5. The number of benzene rings is 2. The molecule has 0 N–H and O–H groups in total. The Hall–Kier alpha value is -1.79. The lowest BCUT2D eigenvalue weighted by Crippen LogP contribution is -2.04. The molecule has 3 nitrogen and oxygen atoms in total. The van der Waals surface area contributed by atoms with Crippen molar-refractivity contribution in [2.24, 2.45) is 0 Å². The Labute approximate surface area is 133 Å². The summed E-state index contributed by atoms with van der Waals surface area (Å²) in [6.45, 7) is 0. The molecule has 0 bridgehead atoms. The van der Waals surface area contributed by atoms with Gasteiger partial charge in [0, 0.05) is 22.2 Å². The van der Waals surface area contributed by atoms with E-state index in [0.717, 1.165) is 12.1 Å². The molecule has 116 valence electrons. The predicted molar refractivity (Wildman–Crippen MR) is 78.1 cm³/mol. The highest BCUT2D eigenvalue weighted by Gasteiger charge is 2.31. The summed E-state index contributed by atoms with van der Waals surface area (Å²) in [5.41, 5.74) is 0.0542. The monoisotopic (exact) mass is 349 g/mol. The molecular weight excluding hydrogens is 342 g/mol. The minimum absolute atomic E-state index is 0.0933. The van der Waals surface area contributed by atoms with Crippen molar-refractivity contribution < 1.29 is 18.1 Å². The maximum absolute atomic E-state index is 12.6. The summed E-state index contributed by atoms with van der Waals surface area (Å²) in [5.74, 6) is -0.0948. The smallest absolute Gasteiger partial charge is 0.258 e. The van der Waals surface area contributed by atoms with E-state index in [1.165, 1.54) is 24.3 Å². The van der Waals surface area contributed by atoms with E-state index >= 15 is 0 Å². The van der Waals surface area contributed by atoms with Crippen LogP contribution in [0.2, 0.25) is 5.02 Å². The molecule has 0 atom stereocenters. The Morgan fingerprint density at radius 1 is 1.14 bits per heavy atom. The summed E-state index contributed by atoms with van der Waals surface area (Å²) in [7, 11) is 0. The summed E-state index contributed by atoms with van der Waals surface area (Å²) in [5, 5.41) is 10.8. The van der Waals surface area contributed by atoms with Crippen LogP contribution in [-0.2, 0) is 12.1 Å². The van der Waals surface area contributed by atoms with Crippen LogP contribution in [0.4, 0.5) is 18.9 Å². The van der Waals surface area contributed by atoms with Crippen molar-refractivity contribution in [3.8, 4) is 11.1 Å². The average Bonchev–Trinajstić information content (AvgIpc) is 2.45. The first-order chi connectivity index (χ1) is 10.2. The number of nitro groups is 1. The number of rotatable bonds is 3. The van der Waals surface area contributed by atoms with Crippen LogP contribution in [0, 0.1) is 10.1 Å². The molecular formula is C14H8Cl2F3NO2. The summed E-state index contributed by atoms with van der Waals surface area (Å²) in [6.07, 6.45) is -4.49. The lowest BCUT2D eigenvalue weighted by Gasteiger charge is -2.11. The highest BCUT2D eigenvalue weighted by Crippen LogP contribution is 2.36. The number of nitrogens with zero attached hydrogens (tertiary/aromatic N) is 1. The second-order valence-corrected chi connectivity index (χ2v) is 5.10. The van der Waals surface area contributed by atoms with E-state index in [1.54, 1.807) is 0 Å². The van der Waals surface area contributed by atoms with Gasteiger partial charge in [-0.3, -0.25) is 10.1 Å². The van der Waals surface area contributed by atoms with E-state index in [1.807, 2.05) is 0 Å². The fraction of sp³-hybridized carbons (Fsp3) is 0.143. The molecule has 0 amide bonds. The van der Waals surface area contributed by atoms with E-state index in [0.29, 0.717) is 11.1 Å². The molecule has 22 heavy (non-hydrogen) atoms.